The fourth-order valence-corrected chi connectivity index (χ4v) is 4.10. The second-order valence-corrected chi connectivity index (χ2v) is 8.59. The normalized spacial score (nSPS) is 16.1. The van der Waals surface area contributed by atoms with Crippen molar-refractivity contribution in [2.45, 2.75) is 54.6 Å². The molecule has 6 heteroatoms. The lowest BCUT2D eigenvalue weighted by molar-refractivity contribution is -0.131. The largest absolute Gasteiger partial charge is 0.512 e. The van der Waals surface area contributed by atoms with Crippen molar-refractivity contribution >= 4 is 11.9 Å². The molecular formula is C27H30O6. The SMILES string of the molecule is CC1=C(O)CC(C)C(C(=O)Oc2c(C)c(C)c(C(=O)OCc3ccccc3)c(C)c2C)=C1O. The fraction of sp³-hybridized carbons (Fsp3) is 0.333. The molecule has 0 bridgehead atoms. The van der Waals surface area contributed by atoms with E-state index in [4.69, 9.17) is 9.47 Å². The number of carbonyl (C=O) groups is 2. The van der Waals surface area contributed by atoms with E-state index in [1.165, 1.54) is 0 Å². The van der Waals surface area contributed by atoms with Gasteiger partial charge in [0.05, 0.1) is 16.9 Å². The standard InChI is InChI=1S/C27H30O6/c1-14-12-21(28)19(6)24(29)22(14)27(31)33-25-17(4)15(2)23(16(3)18(25)5)26(30)32-13-20-10-8-7-9-11-20/h7-11,14,28-29H,12-13H2,1-6H3. The molecule has 1 aliphatic carbocycles. The molecule has 0 saturated carbocycles. The zero-order valence-corrected chi connectivity index (χ0v) is 19.9. The highest BCUT2D eigenvalue weighted by atomic mass is 16.5. The summed E-state index contributed by atoms with van der Waals surface area (Å²) in [5, 5.41) is 20.4. The van der Waals surface area contributed by atoms with Gasteiger partial charge in [0.1, 0.15) is 18.1 Å². The van der Waals surface area contributed by atoms with Crippen molar-refractivity contribution in [3.05, 3.63) is 86.4 Å². The molecule has 0 fully saturated rings. The number of hydrogen-bond donors (Lipinski definition) is 2. The summed E-state index contributed by atoms with van der Waals surface area (Å²) in [7, 11) is 0. The van der Waals surface area contributed by atoms with Crippen molar-refractivity contribution in [3.8, 4) is 5.75 Å². The second kappa shape index (κ2) is 9.53. The lowest BCUT2D eigenvalue weighted by Gasteiger charge is -2.24. The molecule has 0 radical (unpaired) electrons. The van der Waals surface area contributed by atoms with Crippen molar-refractivity contribution in [1.82, 2.24) is 0 Å². The van der Waals surface area contributed by atoms with E-state index in [2.05, 4.69) is 0 Å². The first kappa shape index (κ1) is 24.1. The van der Waals surface area contributed by atoms with Gasteiger partial charge in [0.15, 0.2) is 0 Å². The van der Waals surface area contributed by atoms with Gasteiger partial charge in [-0.1, -0.05) is 37.3 Å². The van der Waals surface area contributed by atoms with Crippen LogP contribution in [0.3, 0.4) is 0 Å². The highest BCUT2D eigenvalue weighted by Gasteiger charge is 2.32. The van der Waals surface area contributed by atoms with Gasteiger partial charge in [-0.3, -0.25) is 0 Å². The van der Waals surface area contributed by atoms with E-state index >= 15 is 0 Å². The van der Waals surface area contributed by atoms with Gasteiger partial charge in [0.2, 0.25) is 0 Å². The molecule has 2 N–H and O–H groups in total. The maximum absolute atomic E-state index is 13.0. The predicted octanol–water partition coefficient (Wildman–Crippen LogP) is 5.87. The summed E-state index contributed by atoms with van der Waals surface area (Å²) >= 11 is 0. The summed E-state index contributed by atoms with van der Waals surface area (Å²) in [4.78, 5) is 25.9. The summed E-state index contributed by atoms with van der Waals surface area (Å²) < 4.78 is 11.3. The molecule has 1 atom stereocenters. The smallest absolute Gasteiger partial charge is 0.343 e. The van der Waals surface area contributed by atoms with Gasteiger partial charge in [0.25, 0.3) is 0 Å². The molecule has 1 aliphatic rings. The Kier molecular flexibility index (Phi) is 6.96. The number of esters is 2. The molecule has 0 spiro atoms. The Bertz CT molecular complexity index is 1140. The Morgan fingerprint density at radius 3 is 2.06 bits per heavy atom. The topological polar surface area (TPSA) is 93.1 Å². The fourth-order valence-electron chi connectivity index (χ4n) is 4.10. The first-order valence-corrected chi connectivity index (χ1v) is 10.9. The summed E-state index contributed by atoms with van der Waals surface area (Å²) in [6.07, 6.45) is 0.253. The quantitative estimate of drug-likeness (QED) is 0.437. The van der Waals surface area contributed by atoms with Crippen LogP contribution in [-0.2, 0) is 16.1 Å². The molecule has 33 heavy (non-hydrogen) atoms. The Morgan fingerprint density at radius 2 is 1.48 bits per heavy atom. The van der Waals surface area contributed by atoms with E-state index in [1.54, 1.807) is 41.5 Å². The van der Waals surface area contributed by atoms with Crippen LogP contribution in [0.15, 0.2) is 53.0 Å². The third kappa shape index (κ3) is 4.65. The molecule has 6 nitrogen and oxygen atoms in total. The van der Waals surface area contributed by atoms with E-state index in [-0.39, 0.29) is 35.7 Å². The van der Waals surface area contributed by atoms with Crippen molar-refractivity contribution in [1.29, 1.82) is 0 Å². The number of aliphatic hydroxyl groups excluding tert-OH is 2. The first-order chi connectivity index (χ1) is 15.5. The van der Waals surface area contributed by atoms with Crippen molar-refractivity contribution in [3.63, 3.8) is 0 Å². The average Bonchev–Trinajstić information content (AvgIpc) is 2.78. The van der Waals surface area contributed by atoms with Gasteiger partial charge in [-0.05, 0) is 68.4 Å². The molecular weight excluding hydrogens is 420 g/mol. The first-order valence-electron chi connectivity index (χ1n) is 10.9. The number of ether oxygens (including phenoxy) is 2. The van der Waals surface area contributed by atoms with Crippen LogP contribution in [0.1, 0.15) is 58.4 Å². The van der Waals surface area contributed by atoms with Crippen molar-refractivity contribution < 1.29 is 29.3 Å². The highest BCUT2D eigenvalue weighted by molar-refractivity contribution is 5.96. The van der Waals surface area contributed by atoms with Gasteiger partial charge in [0, 0.05) is 12.0 Å². The molecule has 174 valence electrons. The second-order valence-electron chi connectivity index (χ2n) is 8.59. The Balaban J connectivity index is 1.91. The minimum atomic E-state index is -0.670. The Labute approximate surface area is 194 Å². The third-order valence-corrected chi connectivity index (χ3v) is 6.42. The van der Waals surface area contributed by atoms with Gasteiger partial charge in [-0.2, -0.15) is 0 Å². The molecule has 0 aromatic heterocycles. The van der Waals surface area contributed by atoms with Crippen LogP contribution in [0, 0.1) is 33.6 Å². The number of benzene rings is 2. The van der Waals surface area contributed by atoms with Gasteiger partial charge in [-0.15, -0.1) is 0 Å². The molecule has 2 aromatic carbocycles. The zero-order valence-electron chi connectivity index (χ0n) is 19.9. The summed E-state index contributed by atoms with van der Waals surface area (Å²) in [5.41, 5.74) is 4.39. The van der Waals surface area contributed by atoms with E-state index in [0.29, 0.717) is 33.6 Å². The van der Waals surface area contributed by atoms with Crippen LogP contribution in [0.2, 0.25) is 0 Å². The van der Waals surface area contributed by atoms with Gasteiger partial charge >= 0.3 is 11.9 Å². The summed E-state index contributed by atoms with van der Waals surface area (Å²) in [5.74, 6) is -1.32. The van der Waals surface area contributed by atoms with Crippen molar-refractivity contribution in [2.24, 2.45) is 5.92 Å². The third-order valence-electron chi connectivity index (χ3n) is 6.42. The van der Waals surface area contributed by atoms with E-state index < -0.39 is 17.9 Å². The lowest BCUT2D eigenvalue weighted by atomic mass is 9.87. The molecule has 3 rings (SSSR count). The number of allylic oxidation sites excluding steroid dienone is 2. The van der Waals surface area contributed by atoms with Crippen LogP contribution in [-0.4, -0.2) is 22.2 Å². The Hall–Kier alpha value is -3.54. The monoisotopic (exact) mass is 450 g/mol. The Morgan fingerprint density at radius 1 is 0.909 bits per heavy atom. The van der Waals surface area contributed by atoms with Crippen LogP contribution in [0.5, 0.6) is 5.75 Å². The highest BCUT2D eigenvalue weighted by Crippen LogP contribution is 2.36. The summed E-state index contributed by atoms with van der Waals surface area (Å²) in [6.45, 7) is 10.6. The minimum Gasteiger partial charge on any atom is -0.512 e. The van der Waals surface area contributed by atoms with E-state index in [1.807, 2.05) is 30.3 Å². The van der Waals surface area contributed by atoms with Crippen molar-refractivity contribution in [2.75, 3.05) is 0 Å². The minimum absolute atomic E-state index is 0.0639. The molecule has 2 aromatic rings. The predicted molar refractivity (Wildman–Crippen MR) is 125 cm³/mol. The number of carbonyl (C=O) groups excluding carboxylic acids is 2. The average molecular weight is 451 g/mol. The number of aliphatic hydroxyl groups is 2. The maximum Gasteiger partial charge on any atom is 0.343 e. The molecule has 0 amide bonds. The molecule has 1 unspecified atom stereocenters. The lowest BCUT2D eigenvalue weighted by Crippen LogP contribution is -2.24. The zero-order chi connectivity index (χ0) is 24.4. The van der Waals surface area contributed by atoms with Gasteiger partial charge < -0.3 is 19.7 Å². The van der Waals surface area contributed by atoms with Crippen LogP contribution in [0.4, 0.5) is 0 Å². The number of rotatable bonds is 5. The van der Waals surface area contributed by atoms with Gasteiger partial charge in [-0.25, -0.2) is 9.59 Å². The van der Waals surface area contributed by atoms with E-state index in [9.17, 15) is 19.8 Å². The van der Waals surface area contributed by atoms with Crippen LogP contribution < -0.4 is 4.74 Å². The molecule has 0 heterocycles. The molecule has 0 saturated heterocycles. The van der Waals surface area contributed by atoms with E-state index in [0.717, 1.165) is 5.56 Å². The van der Waals surface area contributed by atoms with Crippen LogP contribution >= 0.6 is 0 Å². The number of hydrogen-bond acceptors (Lipinski definition) is 6. The molecule has 0 aliphatic heterocycles. The summed E-state index contributed by atoms with van der Waals surface area (Å²) in [6, 6.07) is 9.45. The maximum atomic E-state index is 13.0. The van der Waals surface area contributed by atoms with Crippen LogP contribution in [0.25, 0.3) is 0 Å².